The largest absolute Gasteiger partial charge is 0.314 e. The Labute approximate surface area is 117 Å². The quantitative estimate of drug-likeness (QED) is 0.893. The van der Waals surface area contributed by atoms with Gasteiger partial charge in [-0.15, -0.1) is 0 Å². The van der Waals surface area contributed by atoms with Gasteiger partial charge in [-0.1, -0.05) is 36.8 Å². The molecule has 2 unspecified atom stereocenters. The molecule has 2 heterocycles. The molecule has 0 amide bonds. The van der Waals surface area contributed by atoms with Crippen molar-refractivity contribution in [1.29, 1.82) is 0 Å². The van der Waals surface area contributed by atoms with Gasteiger partial charge in [0, 0.05) is 12.6 Å². The average molecular weight is 258 g/mol. The molecule has 0 aliphatic carbocycles. The Hall–Kier alpha value is -0.860. The van der Waals surface area contributed by atoms with Gasteiger partial charge < -0.3 is 10.2 Å². The van der Waals surface area contributed by atoms with Gasteiger partial charge in [-0.25, -0.2) is 0 Å². The van der Waals surface area contributed by atoms with Gasteiger partial charge in [0.1, 0.15) is 0 Å². The number of nitrogens with one attached hydrogen (secondary N) is 1. The molecule has 0 radical (unpaired) electrons. The lowest BCUT2D eigenvalue weighted by atomic mass is 9.99. The maximum Gasteiger partial charge on any atom is 0.00792 e. The second-order valence-electron chi connectivity index (χ2n) is 6.13. The summed E-state index contributed by atoms with van der Waals surface area (Å²) in [5, 5.41) is 3.66. The Kier molecular flexibility index (Phi) is 4.52. The molecule has 0 spiro atoms. The van der Waals surface area contributed by atoms with Crippen LogP contribution in [0.1, 0.15) is 43.6 Å². The monoisotopic (exact) mass is 258 g/mol. The van der Waals surface area contributed by atoms with Crippen LogP contribution in [0.15, 0.2) is 30.3 Å². The molecule has 1 aromatic rings. The minimum absolute atomic E-state index is 0.764. The Morgan fingerprint density at radius 3 is 2.79 bits per heavy atom. The van der Waals surface area contributed by atoms with Crippen LogP contribution in [0, 0.1) is 0 Å². The van der Waals surface area contributed by atoms with E-state index in [0.29, 0.717) is 0 Å². The van der Waals surface area contributed by atoms with Crippen molar-refractivity contribution >= 4 is 0 Å². The Morgan fingerprint density at radius 2 is 2.00 bits per heavy atom. The molecule has 104 valence electrons. The van der Waals surface area contributed by atoms with E-state index < -0.39 is 0 Å². The van der Waals surface area contributed by atoms with Crippen molar-refractivity contribution < 1.29 is 0 Å². The summed E-state index contributed by atoms with van der Waals surface area (Å²) in [5.41, 5.74) is 1.53. The van der Waals surface area contributed by atoms with E-state index in [1.165, 1.54) is 63.8 Å². The summed E-state index contributed by atoms with van der Waals surface area (Å²) in [6.45, 7) is 5.06. The van der Waals surface area contributed by atoms with Crippen LogP contribution in [0.2, 0.25) is 0 Å². The van der Waals surface area contributed by atoms with Gasteiger partial charge in [0.2, 0.25) is 0 Å². The van der Waals surface area contributed by atoms with Gasteiger partial charge in [0.25, 0.3) is 0 Å². The molecule has 2 aliphatic heterocycles. The van der Waals surface area contributed by atoms with Crippen molar-refractivity contribution in [2.45, 2.75) is 44.1 Å². The summed E-state index contributed by atoms with van der Waals surface area (Å²) < 4.78 is 0. The number of hydrogen-bond donors (Lipinski definition) is 1. The normalized spacial score (nSPS) is 28.6. The molecule has 2 atom stereocenters. The third-order valence-electron chi connectivity index (χ3n) is 4.75. The number of likely N-dealkylation sites (tertiary alicyclic amines) is 1. The summed E-state index contributed by atoms with van der Waals surface area (Å²) in [7, 11) is 0. The van der Waals surface area contributed by atoms with Gasteiger partial charge in [-0.2, -0.15) is 0 Å². The maximum atomic E-state index is 3.66. The van der Waals surface area contributed by atoms with Crippen LogP contribution in [0.3, 0.4) is 0 Å². The molecule has 2 nitrogen and oxygen atoms in total. The van der Waals surface area contributed by atoms with Crippen molar-refractivity contribution in [3.8, 4) is 0 Å². The molecule has 2 aliphatic rings. The zero-order valence-electron chi connectivity index (χ0n) is 11.9. The number of rotatable bonds is 4. The first-order valence-electron chi connectivity index (χ1n) is 7.92. The molecule has 1 N–H and O–H groups in total. The number of piperidine rings is 1. The second kappa shape index (κ2) is 6.53. The highest BCUT2D eigenvalue weighted by Crippen LogP contribution is 2.27. The van der Waals surface area contributed by atoms with Crippen LogP contribution in [0.4, 0.5) is 0 Å². The third kappa shape index (κ3) is 3.58. The fourth-order valence-electron chi connectivity index (χ4n) is 3.54. The highest BCUT2D eigenvalue weighted by Gasteiger charge is 2.24. The average Bonchev–Trinajstić information content (AvgIpc) is 2.96. The smallest absolute Gasteiger partial charge is 0.00792 e. The van der Waals surface area contributed by atoms with Crippen molar-refractivity contribution in [3.05, 3.63) is 35.9 Å². The molecule has 2 fully saturated rings. The molecular formula is C17H26N2. The SMILES string of the molecule is c1ccc(C2CCN(CCC3CCCCN3)C2)cc1. The number of hydrogen-bond acceptors (Lipinski definition) is 2. The lowest BCUT2D eigenvalue weighted by molar-refractivity contribution is 0.286. The van der Waals surface area contributed by atoms with E-state index in [1.807, 2.05) is 0 Å². The van der Waals surface area contributed by atoms with Crippen LogP contribution in [0.5, 0.6) is 0 Å². The summed E-state index contributed by atoms with van der Waals surface area (Å²) in [4.78, 5) is 2.66. The van der Waals surface area contributed by atoms with Crippen LogP contribution in [-0.2, 0) is 0 Å². The fraction of sp³-hybridized carbons (Fsp3) is 0.647. The van der Waals surface area contributed by atoms with Crippen LogP contribution < -0.4 is 5.32 Å². The summed E-state index contributed by atoms with van der Waals surface area (Å²) in [5.74, 6) is 0.764. The van der Waals surface area contributed by atoms with Crippen LogP contribution in [0.25, 0.3) is 0 Å². The summed E-state index contributed by atoms with van der Waals surface area (Å²) in [6, 6.07) is 11.8. The van der Waals surface area contributed by atoms with E-state index >= 15 is 0 Å². The first-order chi connectivity index (χ1) is 9.42. The van der Waals surface area contributed by atoms with Crippen LogP contribution >= 0.6 is 0 Å². The van der Waals surface area contributed by atoms with E-state index in [-0.39, 0.29) is 0 Å². The van der Waals surface area contributed by atoms with Crippen molar-refractivity contribution in [2.75, 3.05) is 26.2 Å². The third-order valence-corrected chi connectivity index (χ3v) is 4.75. The standard InChI is InChI=1S/C17H26N2/c1-2-6-15(7-3-1)16-9-12-19(14-16)13-10-17-8-4-5-11-18-17/h1-3,6-7,16-18H,4-5,8-14H2. The second-order valence-corrected chi connectivity index (χ2v) is 6.13. The lowest BCUT2D eigenvalue weighted by Gasteiger charge is -2.25. The van der Waals surface area contributed by atoms with E-state index in [4.69, 9.17) is 0 Å². The minimum atomic E-state index is 0.764. The Bertz CT molecular complexity index is 370. The van der Waals surface area contributed by atoms with Crippen molar-refractivity contribution in [2.24, 2.45) is 0 Å². The number of benzene rings is 1. The minimum Gasteiger partial charge on any atom is -0.314 e. The molecule has 0 aromatic heterocycles. The first kappa shape index (κ1) is 13.1. The molecule has 2 saturated heterocycles. The Morgan fingerprint density at radius 1 is 1.11 bits per heavy atom. The van der Waals surface area contributed by atoms with Gasteiger partial charge >= 0.3 is 0 Å². The molecule has 1 aromatic carbocycles. The maximum absolute atomic E-state index is 3.66. The highest BCUT2D eigenvalue weighted by molar-refractivity contribution is 5.20. The lowest BCUT2D eigenvalue weighted by Crippen LogP contribution is -2.37. The van der Waals surface area contributed by atoms with E-state index in [9.17, 15) is 0 Å². The van der Waals surface area contributed by atoms with Gasteiger partial charge in [0.05, 0.1) is 0 Å². The highest BCUT2D eigenvalue weighted by atomic mass is 15.1. The summed E-state index contributed by atoms with van der Waals surface area (Å²) >= 11 is 0. The van der Waals surface area contributed by atoms with E-state index in [0.717, 1.165) is 12.0 Å². The molecular weight excluding hydrogens is 232 g/mol. The molecule has 3 rings (SSSR count). The molecule has 0 saturated carbocycles. The van der Waals surface area contributed by atoms with E-state index in [1.54, 1.807) is 0 Å². The van der Waals surface area contributed by atoms with Gasteiger partial charge in [-0.05, 0) is 56.8 Å². The zero-order chi connectivity index (χ0) is 12.9. The van der Waals surface area contributed by atoms with Crippen molar-refractivity contribution in [3.63, 3.8) is 0 Å². The van der Waals surface area contributed by atoms with Gasteiger partial charge in [0.15, 0.2) is 0 Å². The van der Waals surface area contributed by atoms with Crippen molar-refractivity contribution in [1.82, 2.24) is 10.2 Å². The first-order valence-corrected chi connectivity index (χ1v) is 7.92. The van der Waals surface area contributed by atoms with E-state index in [2.05, 4.69) is 40.5 Å². The Balaban J connectivity index is 1.44. The summed E-state index contributed by atoms with van der Waals surface area (Å²) in [6.07, 6.45) is 6.85. The topological polar surface area (TPSA) is 15.3 Å². The molecule has 2 heteroatoms. The predicted octanol–water partition coefficient (Wildman–Crippen LogP) is 3.01. The predicted molar refractivity (Wildman–Crippen MR) is 80.5 cm³/mol. The fourth-order valence-corrected chi connectivity index (χ4v) is 3.54. The zero-order valence-corrected chi connectivity index (χ0v) is 11.9. The number of nitrogens with zero attached hydrogens (tertiary/aromatic N) is 1. The molecule has 0 bridgehead atoms. The molecule has 19 heavy (non-hydrogen) atoms. The van der Waals surface area contributed by atoms with Crippen LogP contribution in [-0.4, -0.2) is 37.1 Å². The van der Waals surface area contributed by atoms with Gasteiger partial charge in [-0.3, -0.25) is 0 Å².